The number of hydrogen-bond acceptors (Lipinski definition) is 1. The van der Waals surface area contributed by atoms with E-state index in [0.29, 0.717) is 12.3 Å². The van der Waals surface area contributed by atoms with Crippen LogP contribution in [0.3, 0.4) is 0 Å². The Labute approximate surface area is 84.5 Å². The molecule has 0 aliphatic heterocycles. The fraction of sp³-hybridized carbons (Fsp3) is 0.308. The van der Waals surface area contributed by atoms with Crippen molar-refractivity contribution in [3.63, 3.8) is 0 Å². The van der Waals surface area contributed by atoms with Crippen LogP contribution in [0.25, 0.3) is 6.08 Å². The van der Waals surface area contributed by atoms with E-state index in [2.05, 4.69) is 26.0 Å². The third-order valence-corrected chi connectivity index (χ3v) is 2.65. The van der Waals surface area contributed by atoms with Crippen LogP contribution in [0, 0.1) is 0 Å². The van der Waals surface area contributed by atoms with Crippen molar-refractivity contribution < 1.29 is 4.79 Å². The van der Waals surface area contributed by atoms with Crippen LogP contribution < -0.4 is 0 Å². The second kappa shape index (κ2) is 3.41. The molecule has 0 bridgehead atoms. The van der Waals surface area contributed by atoms with E-state index in [0.717, 1.165) is 11.1 Å². The van der Waals surface area contributed by atoms with E-state index in [1.165, 1.54) is 5.56 Å². The summed E-state index contributed by atoms with van der Waals surface area (Å²) in [6, 6.07) is 6.00. The second-order valence-corrected chi connectivity index (χ2v) is 3.99. The smallest absolute Gasteiger partial charge is 0.167 e. The Morgan fingerprint density at radius 3 is 2.79 bits per heavy atom. The molecule has 0 fully saturated rings. The van der Waals surface area contributed by atoms with E-state index in [1.807, 2.05) is 18.2 Å². The number of Topliss-reactive ketones (excluding diaryl/α,β-unsaturated/α-hetero) is 1. The topological polar surface area (TPSA) is 17.1 Å². The first-order valence-corrected chi connectivity index (χ1v) is 5.03. The van der Waals surface area contributed by atoms with E-state index in [9.17, 15) is 4.79 Å². The number of carbonyl (C=O) groups is 1. The first-order valence-electron chi connectivity index (χ1n) is 5.03. The first kappa shape index (κ1) is 9.20. The van der Waals surface area contributed by atoms with Crippen molar-refractivity contribution in [1.82, 2.24) is 0 Å². The zero-order valence-corrected chi connectivity index (χ0v) is 8.58. The van der Waals surface area contributed by atoms with Gasteiger partial charge in [0.15, 0.2) is 5.78 Å². The maximum absolute atomic E-state index is 11.6. The Morgan fingerprint density at radius 1 is 1.29 bits per heavy atom. The average Bonchev–Trinajstić information content (AvgIpc) is 2.17. The predicted octanol–water partition coefficient (Wildman–Crippen LogP) is 3.41. The maximum atomic E-state index is 11.6. The molecule has 1 nitrogen and oxygen atoms in total. The number of allylic oxidation sites excluding steroid dienone is 1. The maximum Gasteiger partial charge on any atom is 0.167 e. The van der Waals surface area contributed by atoms with Crippen LogP contribution in [-0.2, 0) is 0 Å². The third-order valence-electron chi connectivity index (χ3n) is 2.65. The van der Waals surface area contributed by atoms with Gasteiger partial charge >= 0.3 is 0 Å². The van der Waals surface area contributed by atoms with Crippen molar-refractivity contribution in [2.24, 2.45) is 0 Å². The van der Waals surface area contributed by atoms with Crippen LogP contribution in [0.2, 0.25) is 0 Å². The van der Waals surface area contributed by atoms with Crippen LogP contribution >= 0.6 is 0 Å². The Morgan fingerprint density at radius 2 is 2.07 bits per heavy atom. The molecule has 1 aliphatic carbocycles. The molecule has 0 aromatic heterocycles. The lowest BCUT2D eigenvalue weighted by atomic mass is 9.88. The molecule has 2 rings (SSSR count). The van der Waals surface area contributed by atoms with E-state index in [1.54, 1.807) is 0 Å². The quantitative estimate of drug-likeness (QED) is 0.656. The van der Waals surface area contributed by atoms with Gasteiger partial charge in [-0.25, -0.2) is 0 Å². The highest BCUT2D eigenvalue weighted by Gasteiger charge is 2.16. The van der Waals surface area contributed by atoms with E-state index < -0.39 is 0 Å². The summed E-state index contributed by atoms with van der Waals surface area (Å²) >= 11 is 0. The minimum atomic E-state index is 0.241. The van der Waals surface area contributed by atoms with Gasteiger partial charge in [0.05, 0.1) is 0 Å². The molecule has 1 aromatic carbocycles. The largest absolute Gasteiger partial charge is 0.294 e. The van der Waals surface area contributed by atoms with Gasteiger partial charge in [0.1, 0.15) is 0 Å². The molecule has 14 heavy (non-hydrogen) atoms. The van der Waals surface area contributed by atoms with Crippen LogP contribution in [0.1, 0.15) is 47.7 Å². The molecule has 1 heteroatoms. The Hall–Kier alpha value is -1.37. The lowest BCUT2D eigenvalue weighted by Crippen LogP contribution is -2.07. The summed E-state index contributed by atoms with van der Waals surface area (Å²) in [6.07, 6.45) is 4.58. The number of ketones is 1. The minimum Gasteiger partial charge on any atom is -0.294 e. The molecular formula is C13H14O. The molecular weight excluding hydrogens is 172 g/mol. The van der Waals surface area contributed by atoms with Crippen molar-refractivity contribution in [3.8, 4) is 0 Å². The van der Waals surface area contributed by atoms with Gasteiger partial charge in [-0.15, -0.1) is 0 Å². The van der Waals surface area contributed by atoms with Gasteiger partial charge in [0.25, 0.3) is 0 Å². The van der Waals surface area contributed by atoms with Gasteiger partial charge in [-0.3, -0.25) is 4.79 Å². The second-order valence-electron chi connectivity index (χ2n) is 3.99. The van der Waals surface area contributed by atoms with Crippen molar-refractivity contribution in [2.45, 2.75) is 26.2 Å². The monoisotopic (exact) mass is 186 g/mol. The van der Waals surface area contributed by atoms with E-state index in [-0.39, 0.29) is 5.78 Å². The summed E-state index contributed by atoms with van der Waals surface area (Å²) in [5, 5.41) is 0. The fourth-order valence-corrected chi connectivity index (χ4v) is 1.91. The number of rotatable bonds is 1. The van der Waals surface area contributed by atoms with Crippen molar-refractivity contribution >= 4 is 11.9 Å². The molecule has 0 saturated heterocycles. The molecule has 0 saturated carbocycles. The van der Waals surface area contributed by atoms with Crippen LogP contribution in [0.4, 0.5) is 0 Å². The van der Waals surface area contributed by atoms with Crippen LogP contribution in [-0.4, -0.2) is 5.78 Å². The zero-order valence-electron chi connectivity index (χ0n) is 8.58. The molecule has 1 aliphatic rings. The van der Waals surface area contributed by atoms with Gasteiger partial charge in [-0.05, 0) is 17.0 Å². The third kappa shape index (κ3) is 1.39. The number of fused-ring (bicyclic) bond motifs is 1. The highest BCUT2D eigenvalue weighted by molar-refractivity contribution is 6.03. The van der Waals surface area contributed by atoms with E-state index >= 15 is 0 Å². The SMILES string of the molecule is CC(C)c1cccc2c1C=CCC2=O. The molecule has 0 spiro atoms. The summed E-state index contributed by atoms with van der Waals surface area (Å²) in [5.41, 5.74) is 3.28. The predicted molar refractivity (Wildman–Crippen MR) is 58.5 cm³/mol. The highest BCUT2D eigenvalue weighted by Crippen LogP contribution is 2.27. The summed E-state index contributed by atoms with van der Waals surface area (Å²) in [4.78, 5) is 11.6. The van der Waals surface area contributed by atoms with Gasteiger partial charge < -0.3 is 0 Å². The summed E-state index contributed by atoms with van der Waals surface area (Å²) in [5.74, 6) is 0.713. The molecule has 0 N–H and O–H groups in total. The standard InChI is InChI=1S/C13H14O/c1-9(2)10-5-3-7-12-11(10)6-4-8-13(12)14/h3-7,9H,8H2,1-2H3. The van der Waals surface area contributed by atoms with Gasteiger partial charge in [-0.2, -0.15) is 0 Å². The van der Waals surface area contributed by atoms with Crippen LogP contribution in [0.15, 0.2) is 24.3 Å². The van der Waals surface area contributed by atoms with Crippen molar-refractivity contribution in [1.29, 1.82) is 0 Å². The lowest BCUT2D eigenvalue weighted by molar-refractivity contribution is 0.0994. The number of carbonyl (C=O) groups excluding carboxylic acids is 1. The number of hydrogen-bond donors (Lipinski definition) is 0. The summed E-state index contributed by atoms with van der Waals surface area (Å²) < 4.78 is 0. The van der Waals surface area contributed by atoms with Gasteiger partial charge in [-0.1, -0.05) is 44.2 Å². The zero-order chi connectivity index (χ0) is 10.1. The van der Waals surface area contributed by atoms with Gasteiger partial charge in [0, 0.05) is 12.0 Å². The number of benzene rings is 1. The van der Waals surface area contributed by atoms with Crippen LogP contribution in [0.5, 0.6) is 0 Å². The molecule has 0 unspecified atom stereocenters. The van der Waals surface area contributed by atoms with E-state index in [4.69, 9.17) is 0 Å². The average molecular weight is 186 g/mol. The Kier molecular flexibility index (Phi) is 2.24. The van der Waals surface area contributed by atoms with Crippen molar-refractivity contribution in [2.75, 3.05) is 0 Å². The fourth-order valence-electron chi connectivity index (χ4n) is 1.91. The molecule has 72 valence electrons. The Bertz CT molecular complexity index is 400. The molecule has 1 aromatic rings. The molecule has 0 heterocycles. The highest BCUT2D eigenvalue weighted by atomic mass is 16.1. The van der Waals surface area contributed by atoms with Gasteiger partial charge in [0.2, 0.25) is 0 Å². The summed E-state index contributed by atoms with van der Waals surface area (Å²) in [7, 11) is 0. The molecule has 0 amide bonds. The summed E-state index contributed by atoms with van der Waals surface area (Å²) in [6.45, 7) is 4.31. The normalized spacial score (nSPS) is 14.6. The first-order chi connectivity index (χ1) is 6.70. The molecule has 0 atom stereocenters. The molecule has 0 radical (unpaired) electrons. The van der Waals surface area contributed by atoms with Crippen molar-refractivity contribution in [3.05, 3.63) is 41.0 Å². The lowest BCUT2D eigenvalue weighted by Gasteiger charge is -2.16. The Balaban J connectivity index is 2.63. The minimum absolute atomic E-state index is 0.241.